The van der Waals surface area contributed by atoms with Crippen LogP contribution >= 0.6 is 15.9 Å². The third-order valence-corrected chi connectivity index (χ3v) is 2.88. The number of hydrogen-bond donors (Lipinski definition) is 0. The summed E-state index contributed by atoms with van der Waals surface area (Å²) in [6.45, 7) is 4.17. The van der Waals surface area contributed by atoms with E-state index in [0.717, 1.165) is 15.6 Å². The molecule has 0 heterocycles. The Labute approximate surface area is 97.5 Å². The minimum atomic E-state index is 0.533. The van der Waals surface area contributed by atoms with Crippen LogP contribution in [0.4, 0.5) is 0 Å². The Morgan fingerprint density at radius 2 is 1.87 bits per heavy atom. The molecule has 0 atom stereocenters. The number of rotatable bonds is 3. The fraction of sp³-hybridized carbons (Fsp3) is 0.0769. The highest BCUT2D eigenvalue weighted by Crippen LogP contribution is 2.31. The molecule has 2 heteroatoms. The summed E-state index contributed by atoms with van der Waals surface area (Å²) in [5, 5.41) is 2.28. The van der Waals surface area contributed by atoms with Crippen LogP contribution in [0.5, 0.6) is 5.75 Å². The molecule has 15 heavy (non-hydrogen) atoms. The first kappa shape index (κ1) is 10.2. The van der Waals surface area contributed by atoms with Crippen molar-refractivity contribution in [1.29, 1.82) is 0 Å². The van der Waals surface area contributed by atoms with Crippen molar-refractivity contribution in [2.75, 3.05) is 6.61 Å². The lowest BCUT2D eigenvalue weighted by atomic mass is 10.1. The van der Waals surface area contributed by atoms with Gasteiger partial charge in [0, 0.05) is 9.86 Å². The molecule has 0 fully saturated rings. The fourth-order valence-corrected chi connectivity index (χ4v) is 1.99. The van der Waals surface area contributed by atoms with Gasteiger partial charge in [-0.15, -0.1) is 0 Å². The molecular formula is C13H11BrO. The van der Waals surface area contributed by atoms with Crippen molar-refractivity contribution in [1.82, 2.24) is 0 Å². The molecular weight excluding hydrogens is 252 g/mol. The van der Waals surface area contributed by atoms with Crippen LogP contribution in [0.25, 0.3) is 10.8 Å². The number of fused-ring (bicyclic) bond motifs is 1. The van der Waals surface area contributed by atoms with Gasteiger partial charge in [0.2, 0.25) is 0 Å². The predicted molar refractivity (Wildman–Crippen MR) is 67.3 cm³/mol. The number of ether oxygens (including phenoxy) is 1. The summed E-state index contributed by atoms with van der Waals surface area (Å²) >= 11 is 3.52. The molecule has 2 aromatic rings. The summed E-state index contributed by atoms with van der Waals surface area (Å²) in [5.41, 5.74) is 0. The monoisotopic (exact) mass is 262 g/mol. The van der Waals surface area contributed by atoms with E-state index in [2.05, 4.69) is 34.6 Å². The predicted octanol–water partition coefficient (Wildman–Crippen LogP) is 4.17. The zero-order valence-corrected chi connectivity index (χ0v) is 9.83. The molecule has 0 aliphatic carbocycles. The van der Waals surface area contributed by atoms with E-state index in [1.807, 2.05) is 24.3 Å². The van der Waals surface area contributed by atoms with Gasteiger partial charge in [-0.05, 0) is 17.5 Å². The van der Waals surface area contributed by atoms with Gasteiger partial charge >= 0.3 is 0 Å². The van der Waals surface area contributed by atoms with Crippen molar-refractivity contribution >= 4 is 26.7 Å². The Bertz CT molecular complexity index is 491. The molecule has 2 aromatic carbocycles. The van der Waals surface area contributed by atoms with Crippen molar-refractivity contribution in [3.8, 4) is 5.75 Å². The van der Waals surface area contributed by atoms with Crippen molar-refractivity contribution in [2.24, 2.45) is 0 Å². The van der Waals surface area contributed by atoms with Gasteiger partial charge in [-0.2, -0.15) is 0 Å². The van der Waals surface area contributed by atoms with Crippen LogP contribution in [0.3, 0.4) is 0 Å². The van der Waals surface area contributed by atoms with Crippen LogP contribution < -0.4 is 4.74 Å². The highest BCUT2D eigenvalue weighted by molar-refractivity contribution is 9.10. The fourth-order valence-electron chi connectivity index (χ4n) is 1.51. The van der Waals surface area contributed by atoms with Crippen molar-refractivity contribution in [3.63, 3.8) is 0 Å². The molecule has 2 rings (SSSR count). The summed E-state index contributed by atoms with van der Waals surface area (Å²) in [6.07, 6.45) is 1.75. The van der Waals surface area contributed by atoms with E-state index in [0.29, 0.717) is 6.61 Å². The van der Waals surface area contributed by atoms with Gasteiger partial charge in [0.05, 0.1) is 0 Å². The van der Waals surface area contributed by atoms with Gasteiger partial charge in [0.1, 0.15) is 12.4 Å². The van der Waals surface area contributed by atoms with Crippen LogP contribution in [0.2, 0.25) is 0 Å². The molecule has 0 aliphatic heterocycles. The van der Waals surface area contributed by atoms with Crippen LogP contribution in [-0.4, -0.2) is 6.61 Å². The highest BCUT2D eigenvalue weighted by atomic mass is 79.9. The largest absolute Gasteiger partial charge is 0.489 e. The minimum Gasteiger partial charge on any atom is -0.489 e. The van der Waals surface area contributed by atoms with E-state index in [-0.39, 0.29) is 0 Å². The first-order valence-electron chi connectivity index (χ1n) is 4.74. The molecule has 0 saturated heterocycles. The lowest BCUT2D eigenvalue weighted by Crippen LogP contribution is -1.93. The Morgan fingerprint density at radius 1 is 1.13 bits per heavy atom. The molecule has 0 radical (unpaired) electrons. The molecule has 0 aromatic heterocycles. The molecule has 0 bridgehead atoms. The minimum absolute atomic E-state index is 0.533. The summed E-state index contributed by atoms with van der Waals surface area (Å²) in [5.74, 6) is 0.897. The average molecular weight is 263 g/mol. The SMILES string of the molecule is C=CCOc1ccc(Br)c2ccccc12. The van der Waals surface area contributed by atoms with Crippen molar-refractivity contribution < 1.29 is 4.74 Å². The summed E-state index contributed by atoms with van der Waals surface area (Å²) in [6, 6.07) is 12.1. The van der Waals surface area contributed by atoms with E-state index >= 15 is 0 Å². The smallest absolute Gasteiger partial charge is 0.127 e. The normalized spacial score (nSPS) is 10.2. The van der Waals surface area contributed by atoms with Gasteiger partial charge in [0.15, 0.2) is 0 Å². The second-order valence-corrected chi connectivity index (χ2v) is 4.05. The second kappa shape index (κ2) is 4.49. The zero-order valence-electron chi connectivity index (χ0n) is 8.24. The molecule has 1 nitrogen and oxygen atoms in total. The molecule has 0 spiro atoms. The third-order valence-electron chi connectivity index (χ3n) is 2.19. The second-order valence-electron chi connectivity index (χ2n) is 3.19. The number of benzene rings is 2. The maximum atomic E-state index is 5.58. The number of halogens is 1. The van der Waals surface area contributed by atoms with Gasteiger partial charge in [-0.3, -0.25) is 0 Å². The van der Waals surface area contributed by atoms with Crippen LogP contribution in [0.1, 0.15) is 0 Å². The quantitative estimate of drug-likeness (QED) is 0.755. The van der Waals surface area contributed by atoms with E-state index in [9.17, 15) is 0 Å². The van der Waals surface area contributed by atoms with Crippen LogP contribution in [0, 0.1) is 0 Å². The lowest BCUT2D eigenvalue weighted by Gasteiger charge is -2.08. The van der Waals surface area contributed by atoms with Crippen molar-refractivity contribution in [2.45, 2.75) is 0 Å². The van der Waals surface area contributed by atoms with Crippen LogP contribution in [-0.2, 0) is 0 Å². The van der Waals surface area contributed by atoms with E-state index < -0.39 is 0 Å². The van der Waals surface area contributed by atoms with Gasteiger partial charge in [-0.25, -0.2) is 0 Å². The van der Waals surface area contributed by atoms with Crippen molar-refractivity contribution in [3.05, 3.63) is 53.5 Å². The molecule has 0 N–H and O–H groups in total. The first-order valence-corrected chi connectivity index (χ1v) is 5.53. The Balaban J connectivity index is 2.56. The third kappa shape index (κ3) is 2.05. The van der Waals surface area contributed by atoms with Crippen LogP contribution in [0.15, 0.2) is 53.5 Å². The molecule has 0 unspecified atom stereocenters. The summed E-state index contributed by atoms with van der Waals surface area (Å²) < 4.78 is 6.67. The molecule has 0 amide bonds. The molecule has 76 valence electrons. The van der Waals surface area contributed by atoms with E-state index in [1.165, 1.54) is 5.39 Å². The average Bonchev–Trinajstić information content (AvgIpc) is 2.29. The van der Waals surface area contributed by atoms with Gasteiger partial charge < -0.3 is 4.74 Å². The molecule has 0 saturated carbocycles. The zero-order chi connectivity index (χ0) is 10.7. The summed E-state index contributed by atoms with van der Waals surface area (Å²) in [7, 11) is 0. The summed E-state index contributed by atoms with van der Waals surface area (Å²) in [4.78, 5) is 0. The van der Waals surface area contributed by atoms with Gasteiger partial charge in [-0.1, -0.05) is 52.9 Å². The topological polar surface area (TPSA) is 9.23 Å². The Morgan fingerprint density at radius 3 is 2.60 bits per heavy atom. The standard InChI is InChI=1S/C13H11BrO/c1-2-9-15-13-8-7-12(14)10-5-3-4-6-11(10)13/h2-8H,1,9H2. The first-order chi connectivity index (χ1) is 7.33. The highest BCUT2D eigenvalue weighted by Gasteiger charge is 2.03. The Hall–Kier alpha value is -1.28. The Kier molecular flexibility index (Phi) is 3.07. The van der Waals surface area contributed by atoms with E-state index in [1.54, 1.807) is 6.08 Å². The maximum Gasteiger partial charge on any atom is 0.127 e. The maximum absolute atomic E-state index is 5.58. The van der Waals surface area contributed by atoms with E-state index in [4.69, 9.17) is 4.74 Å². The lowest BCUT2D eigenvalue weighted by molar-refractivity contribution is 0.367. The van der Waals surface area contributed by atoms with Gasteiger partial charge in [0.25, 0.3) is 0 Å². The number of hydrogen-bond acceptors (Lipinski definition) is 1. The molecule has 0 aliphatic rings.